The van der Waals surface area contributed by atoms with Gasteiger partial charge in [-0.2, -0.15) is 0 Å². The molecule has 0 saturated carbocycles. The smallest absolute Gasteiger partial charge is 0.275 e. The van der Waals surface area contributed by atoms with Crippen molar-refractivity contribution in [3.8, 4) is 5.75 Å². The molecular formula is C18H20FN3O3. The van der Waals surface area contributed by atoms with Crippen molar-refractivity contribution in [3.05, 3.63) is 47.9 Å². The highest BCUT2D eigenvalue weighted by Crippen LogP contribution is 2.22. The summed E-state index contributed by atoms with van der Waals surface area (Å²) in [6.45, 7) is 3.58. The molecule has 0 spiro atoms. The monoisotopic (exact) mass is 345 g/mol. The molecule has 1 atom stereocenters. The Bertz CT molecular complexity index is 764. The van der Waals surface area contributed by atoms with Crippen LogP contribution in [0.4, 0.5) is 4.39 Å². The van der Waals surface area contributed by atoms with E-state index in [0.29, 0.717) is 23.4 Å². The van der Waals surface area contributed by atoms with Gasteiger partial charge in [-0.3, -0.25) is 9.69 Å². The maximum atomic E-state index is 13.1. The van der Waals surface area contributed by atoms with E-state index in [-0.39, 0.29) is 18.3 Å². The molecule has 0 N–H and O–H groups in total. The number of oxazole rings is 1. The minimum absolute atomic E-state index is 0.0487. The molecule has 2 aromatic rings. The number of hydrogen-bond donors (Lipinski definition) is 0. The molecule has 3 heterocycles. The number of hydrogen-bond acceptors (Lipinski definition) is 5. The molecule has 132 valence electrons. The molecule has 6 nitrogen and oxygen atoms in total. The van der Waals surface area contributed by atoms with Gasteiger partial charge in [-0.05, 0) is 31.5 Å². The minimum Gasteiger partial charge on any atom is -0.484 e. The first-order valence-electron chi connectivity index (χ1n) is 8.55. The van der Waals surface area contributed by atoms with Crippen LogP contribution in [0, 0.1) is 5.82 Å². The summed E-state index contributed by atoms with van der Waals surface area (Å²) in [7, 11) is 0. The van der Waals surface area contributed by atoms with Crippen molar-refractivity contribution >= 4 is 5.91 Å². The number of fused-ring (bicyclic) bond motifs is 1. The first kappa shape index (κ1) is 16.1. The Morgan fingerprint density at radius 3 is 3.16 bits per heavy atom. The van der Waals surface area contributed by atoms with Crippen LogP contribution in [-0.4, -0.2) is 52.9 Å². The molecule has 1 unspecified atom stereocenters. The number of carbonyl (C=O) groups excluding carboxylic acids is 1. The van der Waals surface area contributed by atoms with Crippen LogP contribution in [0.15, 0.2) is 34.9 Å². The third-order valence-electron chi connectivity index (χ3n) is 4.80. The molecule has 1 aromatic heterocycles. The SMILES string of the molecule is O=C(c1coc(COc2cccc(F)c2)n1)N1CCN2CCCC2C1. The lowest BCUT2D eigenvalue weighted by atomic mass is 10.1. The largest absolute Gasteiger partial charge is 0.484 e. The lowest BCUT2D eigenvalue weighted by Crippen LogP contribution is -2.52. The molecule has 0 radical (unpaired) electrons. The summed E-state index contributed by atoms with van der Waals surface area (Å²) in [5.74, 6) is 0.217. The average molecular weight is 345 g/mol. The summed E-state index contributed by atoms with van der Waals surface area (Å²) in [5.41, 5.74) is 0.296. The highest BCUT2D eigenvalue weighted by atomic mass is 19.1. The summed E-state index contributed by atoms with van der Waals surface area (Å²) in [6, 6.07) is 6.33. The van der Waals surface area contributed by atoms with Crippen LogP contribution in [0.5, 0.6) is 5.75 Å². The molecule has 0 aliphatic carbocycles. The average Bonchev–Trinajstić information content (AvgIpc) is 3.28. The van der Waals surface area contributed by atoms with Gasteiger partial charge >= 0.3 is 0 Å². The zero-order valence-corrected chi connectivity index (χ0v) is 13.9. The van der Waals surface area contributed by atoms with E-state index in [4.69, 9.17) is 9.15 Å². The van der Waals surface area contributed by atoms with Gasteiger partial charge < -0.3 is 14.1 Å². The lowest BCUT2D eigenvalue weighted by molar-refractivity contribution is 0.0565. The number of halogens is 1. The molecule has 2 fully saturated rings. The molecule has 1 amide bonds. The van der Waals surface area contributed by atoms with Crippen LogP contribution >= 0.6 is 0 Å². The fourth-order valence-electron chi connectivity index (χ4n) is 3.51. The summed E-state index contributed by atoms with van der Waals surface area (Å²) in [4.78, 5) is 21.1. The van der Waals surface area contributed by atoms with Crippen LogP contribution in [0.2, 0.25) is 0 Å². The molecule has 2 saturated heterocycles. The number of carbonyl (C=O) groups is 1. The predicted octanol–water partition coefficient (Wildman–Crippen LogP) is 2.31. The van der Waals surface area contributed by atoms with Crippen LogP contribution in [0.25, 0.3) is 0 Å². The van der Waals surface area contributed by atoms with Gasteiger partial charge in [0.25, 0.3) is 5.91 Å². The Morgan fingerprint density at radius 2 is 2.28 bits per heavy atom. The number of nitrogens with zero attached hydrogens (tertiary/aromatic N) is 3. The molecule has 2 aliphatic heterocycles. The minimum atomic E-state index is -0.369. The number of amides is 1. The molecular weight excluding hydrogens is 325 g/mol. The van der Waals surface area contributed by atoms with Gasteiger partial charge in [-0.25, -0.2) is 9.37 Å². The molecule has 1 aromatic carbocycles. The van der Waals surface area contributed by atoms with Crippen LogP contribution in [0.1, 0.15) is 29.2 Å². The van der Waals surface area contributed by atoms with Gasteiger partial charge in [-0.15, -0.1) is 0 Å². The first-order chi connectivity index (χ1) is 12.2. The first-order valence-corrected chi connectivity index (χ1v) is 8.55. The second-order valence-electron chi connectivity index (χ2n) is 6.46. The van der Waals surface area contributed by atoms with Crippen molar-refractivity contribution in [2.45, 2.75) is 25.5 Å². The van der Waals surface area contributed by atoms with Gasteiger partial charge in [0, 0.05) is 31.7 Å². The van der Waals surface area contributed by atoms with E-state index in [1.165, 1.54) is 24.8 Å². The van der Waals surface area contributed by atoms with Crippen LogP contribution in [-0.2, 0) is 6.61 Å². The fraction of sp³-hybridized carbons (Fsp3) is 0.444. The maximum Gasteiger partial charge on any atom is 0.275 e. The van der Waals surface area contributed by atoms with Crippen molar-refractivity contribution in [1.29, 1.82) is 0 Å². The number of aromatic nitrogens is 1. The summed E-state index contributed by atoms with van der Waals surface area (Å²) in [6.07, 6.45) is 3.72. The quantitative estimate of drug-likeness (QED) is 0.851. The topological polar surface area (TPSA) is 58.8 Å². The number of rotatable bonds is 4. The van der Waals surface area contributed by atoms with E-state index in [2.05, 4.69) is 9.88 Å². The van der Waals surface area contributed by atoms with Crippen molar-refractivity contribution in [3.63, 3.8) is 0 Å². The number of piperazine rings is 1. The van der Waals surface area contributed by atoms with E-state index in [0.717, 1.165) is 32.6 Å². The second-order valence-corrected chi connectivity index (χ2v) is 6.46. The normalized spacial score (nSPS) is 20.5. The summed E-state index contributed by atoms with van der Waals surface area (Å²) in [5, 5.41) is 0. The molecule has 25 heavy (non-hydrogen) atoms. The van der Waals surface area contributed by atoms with Gasteiger partial charge in [-0.1, -0.05) is 6.07 Å². The van der Waals surface area contributed by atoms with Crippen LogP contribution < -0.4 is 4.74 Å². The zero-order chi connectivity index (χ0) is 17.2. The van der Waals surface area contributed by atoms with Crippen molar-refractivity contribution in [2.24, 2.45) is 0 Å². The van der Waals surface area contributed by atoms with Crippen molar-refractivity contribution in [2.75, 3.05) is 26.2 Å². The molecule has 2 aliphatic rings. The Morgan fingerprint density at radius 1 is 1.36 bits per heavy atom. The molecule has 4 rings (SSSR count). The van der Waals surface area contributed by atoms with Crippen LogP contribution in [0.3, 0.4) is 0 Å². The van der Waals surface area contributed by atoms with E-state index in [1.807, 2.05) is 4.90 Å². The number of benzene rings is 1. The predicted molar refractivity (Wildman–Crippen MR) is 87.7 cm³/mol. The summed E-state index contributed by atoms with van der Waals surface area (Å²) >= 11 is 0. The Labute approximate surface area is 145 Å². The van der Waals surface area contributed by atoms with Gasteiger partial charge in [0.05, 0.1) is 0 Å². The van der Waals surface area contributed by atoms with Gasteiger partial charge in [0.15, 0.2) is 12.3 Å². The zero-order valence-electron chi connectivity index (χ0n) is 13.9. The highest BCUT2D eigenvalue weighted by molar-refractivity contribution is 5.92. The Hall–Kier alpha value is -2.41. The van der Waals surface area contributed by atoms with E-state index in [1.54, 1.807) is 12.1 Å². The third kappa shape index (κ3) is 3.51. The lowest BCUT2D eigenvalue weighted by Gasteiger charge is -2.37. The standard InChI is InChI=1S/C18H20FN3O3/c19-13-3-1-5-15(9-13)24-12-17-20-16(11-25-17)18(23)22-8-7-21-6-2-4-14(21)10-22/h1,3,5,9,11,14H,2,4,6-8,10,12H2. The van der Waals surface area contributed by atoms with Gasteiger partial charge in [0.2, 0.25) is 5.89 Å². The van der Waals surface area contributed by atoms with Crippen molar-refractivity contribution < 1.29 is 18.3 Å². The fourth-order valence-corrected chi connectivity index (χ4v) is 3.51. The highest BCUT2D eigenvalue weighted by Gasteiger charge is 2.33. The molecule has 0 bridgehead atoms. The van der Waals surface area contributed by atoms with E-state index in [9.17, 15) is 9.18 Å². The summed E-state index contributed by atoms with van der Waals surface area (Å²) < 4.78 is 23.9. The third-order valence-corrected chi connectivity index (χ3v) is 4.80. The van der Waals surface area contributed by atoms with Crippen molar-refractivity contribution in [1.82, 2.24) is 14.8 Å². The maximum absolute atomic E-state index is 13.1. The van der Waals surface area contributed by atoms with E-state index < -0.39 is 0 Å². The Kier molecular flexibility index (Phi) is 4.40. The Balaban J connectivity index is 1.36. The second kappa shape index (κ2) is 6.84. The molecule has 7 heteroatoms. The van der Waals surface area contributed by atoms with E-state index >= 15 is 0 Å². The van der Waals surface area contributed by atoms with Gasteiger partial charge in [0.1, 0.15) is 17.8 Å². The number of ether oxygens (including phenoxy) is 1.